The van der Waals surface area contributed by atoms with Crippen molar-refractivity contribution < 1.29 is 13.9 Å². The van der Waals surface area contributed by atoms with Gasteiger partial charge >= 0.3 is 0 Å². The molecule has 1 unspecified atom stereocenters. The fourth-order valence-electron chi connectivity index (χ4n) is 1.83. The fraction of sp³-hybridized carbons (Fsp3) is 0.583. The largest absolute Gasteiger partial charge is 0.473 e. The second-order valence-electron chi connectivity index (χ2n) is 4.09. The van der Waals surface area contributed by atoms with Crippen LogP contribution in [0.2, 0.25) is 0 Å². The molecule has 0 aliphatic carbocycles. The zero-order valence-electron chi connectivity index (χ0n) is 9.69. The fourth-order valence-corrected chi connectivity index (χ4v) is 1.83. The van der Waals surface area contributed by atoms with Crippen LogP contribution in [0.4, 0.5) is 4.39 Å². The van der Waals surface area contributed by atoms with Gasteiger partial charge in [-0.3, -0.25) is 0 Å². The van der Waals surface area contributed by atoms with E-state index >= 15 is 0 Å². The van der Waals surface area contributed by atoms with Crippen molar-refractivity contribution in [2.24, 2.45) is 5.73 Å². The van der Waals surface area contributed by atoms with Crippen LogP contribution in [0, 0.1) is 5.82 Å². The van der Waals surface area contributed by atoms with E-state index in [2.05, 4.69) is 4.98 Å². The lowest BCUT2D eigenvalue weighted by Crippen LogP contribution is -2.26. The summed E-state index contributed by atoms with van der Waals surface area (Å²) in [7, 11) is 0. The van der Waals surface area contributed by atoms with Gasteiger partial charge in [0.1, 0.15) is 6.61 Å². The van der Waals surface area contributed by atoms with E-state index in [0.717, 1.165) is 25.9 Å². The first kappa shape index (κ1) is 12.3. The van der Waals surface area contributed by atoms with E-state index in [1.807, 2.05) is 0 Å². The normalized spacial score (nSPS) is 20.2. The van der Waals surface area contributed by atoms with E-state index in [4.69, 9.17) is 15.2 Å². The summed E-state index contributed by atoms with van der Waals surface area (Å²) in [5, 5.41) is 0. The number of halogens is 1. The van der Waals surface area contributed by atoms with E-state index < -0.39 is 5.82 Å². The second kappa shape index (κ2) is 5.93. The van der Waals surface area contributed by atoms with Crippen molar-refractivity contribution in [2.75, 3.05) is 13.2 Å². The molecule has 5 heteroatoms. The molecule has 1 aromatic heterocycles. The van der Waals surface area contributed by atoms with Crippen LogP contribution < -0.4 is 10.5 Å². The predicted molar refractivity (Wildman–Crippen MR) is 61.2 cm³/mol. The Morgan fingerprint density at radius 3 is 3.12 bits per heavy atom. The number of rotatable bonds is 4. The molecule has 2 N–H and O–H groups in total. The number of hydrogen-bond acceptors (Lipinski definition) is 4. The van der Waals surface area contributed by atoms with Gasteiger partial charge in [-0.05, 0) is 25.3 Å². The SMILES string of the molecule is NCc1ccnc(OCC2CCCCO2)c1F. The van der Waals surface area contributed by atoms with Crippen molar-refractivity contribution in [1.29, 1.82) is 0 Å². The minimum absolute atomic E-state index is 0.0159. The van der Waals surface area contributed by atoms with Crippen molar-refractivity contribution in [1.82, 2.24) is 4.98 Å². The average Bonchev–Trinajstić information content (AvgIpc) is 2.39. The van der Waals surface area contributed by atoms with Crippen LogP contribution in [0.1, 0.15) is 24.8 Å². The van der Waals surface area contributed by atoms with Gasteiger partial charge in [0.2, 0.25) is 0 Å². The lowest BCUT2D eigenvalue weighted by molar-refractivity contribution is -0.0127. The van der Waals surface area contributed by atoms with Gasteiger partial charge in [0, 0.05) is 24.9 Å². The average molecular weight is 240 g/mol. The van der Waals surface area contributed by atoms with Crippen LogP contribution in [0.3, 0.4) is 0 Å². The molecular formula is C12H17FN2O2. The van der Waals surface area contributed by atoms with E-state index in [1.165, 1.54) is 6.20 Å². The van der Waals surface area contributed by atoms with Crippen molar-refractivity contribution in [3.63, 3.8) is 0 Å². The van der Waals surface area contributed by atoms with Crippen LogP contribution in [-0.4, -0.2) is 24.3 Å². The molecular weight excluding hydrogens is 223 g/mol. The van der Waals surface area contributed by atoms with E-state index in [1.54, 1.807) is 6.07 Å². The van der Waals surface area contributed by atoms with Gasteiger partial charge in [-0.15, -0.1) is 0 Å². The first-order valence-electron chi connectivity index (χ1n) is 5.89. The van der Waals surface area contributed by atoms with E-state index in [-0.39, 0.29) is 18.5 Å². The topological polar surface area (TPSA) is 57.4 Å². The molecule has 1 aromatic rings. The zero-order valence-corrected chi connectivity index (χ0v) is 9.69. The smallest absolute Gasteiger partial charge is 0.250 e. The summed E-state index contributed by atoms with van der Waals surface area (Å²) < 4.78 is 24.6. The Bertz CT molecular complexity index is 368. The Kier molecular flexibility index (Phi) is 4.28. The lowest BCUT2D eigenvalue weighted by Gasteiger charge is -2.22. The molecule has 1 fully saturated rings. The van der Waals surface area contributed by atoms with Crippen LogP contribution in [0.5, 0.6) is 5.88 Å². The Balaban J connectivity index is 1.93. The number of nitrogens with two attached hydrogens (primary N) is 1. The van der Waals surface area contributed by atoms with Crippen LogP contribution in [0.25, 0.3) is 0 Å². The van der Waals surface area contributed by atoms with Crippen LogP contribution >= 0.6 is 0 Å². The highest BCUT2D eigenvalue weighted by atomic mass is 19.1. The van der Waals surface area contributed by atoms with Crippen molar-refractivity contribution in [2.45, 2.75) is 31.9 Å². The second-order valence-corrected chi connectivity index (χ2v) is 4.09. The molecule has 1 saturated heterocycles. The first-order valence-corrected chi connectivity index (χ1v) is 5.89. The molecule has 0 amide bonds. The third kappa shape index (κ3) is 3.14. The molecule has 4 nitrogen and oxygen atoms in total. The summed E-state index contributed by atoms with van der Waals surface area (Å²) in [6.45, 7) is 1.25. The molecule has 0 aromatic carbocycles. The maximum Gasteiger partial charge on any atom is 0.250 e. The molecule has 1 aliphatic rings. The molecule has 17 heavy (non-hydrogen) atoms. The highest BCUT2D eigenvalue weighted by molar-refractivity contribution is 5.23. The summed E-state index contributed by atoms with van der Waals surface area (Å²) in [5.41, 5.74) is 5.83. The maximum atomic E-state index is 13.7. The van der Waals surface area contributed by atoms with Crippen molar-refractivity contribution in [3.8, 4) is 5.88 Å². The standard InChI is InChI=1S/C12H17FN2O2/c13-11-9(7-14)4-5-15-12(11)17-8-10-3-1-2-6-16-10/h4-5,10H,1-3,6-8,14H2. The highest BCUT2D eigenvalue weighted by Gasteiger charge is 2.16. The Labute approximate surface area is 99.9 Å². The van der Waals surface area contributed by atoms with Gasteiger partial charge in [0.15, 0.2) is 5.82 Å². The van der Waals surface area contributed by atoms with Gasteiger partial charge in [0.05, 0.1) is 6.10 Å². The molecule has 94 valence electrons. The summed E-state index contributed by atoms with van der Waals surface area (Å²) in [5.74, 6) is -0.451. The molecule has 0 saturated carbocycles. The maximum absolute atomic E-state index is 13.7. The lowest BCUT2D eigenvalue weighted by atomic mass is 10.1. The number of aromatic nitrogens is 1. The summed E-state index contributed by atoms with van der Waals surface area (Å²) in [6, 6.07) is 1.55. The van der Waals surface area contributed by atoms with Gasteiger partial charge in [-0.2, -0.15) is 0 Å². The first-order chi connectivity index (χ1) is 8.31. The van der Waals surface area contributed by atoms with Gasteiger partial charge in [-0.1, -0.05) is 0 Å². The van der Waals surface area contributed by atoms with Crippen LogP contribution in [0.15, 0.2) is 12.3 Å². The van der Waals surface area contributed by atoms with E-state index in [0.29, 0.717) is 12.2 Å². The molecule has 0 radical (unpaired) electrons. The van der Waals surface area contributed by atoms with E-state index in [9.17, 15) is 4.39 Å². The quantitative estimate of drug-likeness (QED) is 0.869. The summed E-state index contributed by atoms with van der Waals surface area (Å²) >= 11 is 0. The molecule has 2 heterocycles. The Hall–Kier alpha value is -1.20. The molecule has 2 rings (SSSR count). The Morgan fingerprint density at radius 1 is 1.53 bits per heavy atom. The van der Waals surface area contributed by atoms with Crippen molar-refractivity contribution >= 4 is 0 Å². The highest BCUT2D eigenvalue weighted by Crippen LogP contribution is 2.19. The third-order valence-corrected chi connectivity index (χ3v) is 2.84. The number of hydrogen-bond donors (Lipinski definition) is 1. The molecule has 1 atom stereocenters. The number of ether oxygens (including phenoxy) is 2. The van der Waals surface area contributed by atoms with Gasteiger partial charge in [0.25, 0.3) is 5.88 Å². The molecule has 0 bridgehead atoms. The molecule has 0 spiro atoms. The third-order valence-electron chi connectivity index (χ3n) is 2.84. The van der Waals surface area contributed by atoms with Gasteiger partial charge < -0.3 is 15.2 Å². The Morgan fingerprint density at radius 2 is 2.41 bits per heavy atom. The van der Waals surface area contributed by atoms with Crippen LogP contribution in [-0.2, 0) is 11.3 Å². The van der Waals surface area contributed by atoms with Crippen molar-refractivity contribution in [3.05, 3.63) is 23.6 Å². The number of pyridine rings is 1. The summed E-state index contributed by atoms with van der Waals surface area (Å²) in [4.78, 5) is 3.86. The molecule has 1 aliphatic heterocycles. The minimum Gasteiger partial charge on any atom is -0.473 e. The number of nitrogens with zero attached hydrogens (tertiary/aromatic N) is 1. The van der Waals surface area contributed by atoms with Gasteiger partial charge in [-0.25, -0.2) is 9.37 Å². The predicted octanol–water partition coefficient (Wildman–Crippen LogP) is 1.63. The summed E-state index contributed by atoms with van der Waals surface area (Å²) in [6.07, 6.45) is 4.73. The monoisotopic (exact) mass is 240 g/mol. The zero-order chi connectivity index (χ0) is 12.1. The minimum atomic E-state index is -0.467.